The van der Waals surface area contributed by atoms with Crippen LogP contribution < -0.4 is 0 Å². The predicted octanol–water partition coefficient (Wildman–Crippen LogP) is 7.79. The Morgan fingerprint density at radius 3 is 2.33 bits per heavy atom. The van der Waals surface area contributed by atoms with E-state index in [2.05, 4.69) is 20.8 Å². The first-order chi connectivity index (χ1) is 18.6. The van der Waals surface area contributed by atoms with Crippen LogP contribution in [0.3, 0.4) is 0 Å². The zero-order valence-electron chi connectivity index (χ0n) is 22.0. The Labute approximate surface area is 235 Å². The Balaban J connectivity index is 1.75. The van der Waals surface area contributed by atoms with E-state index in [1.165, 1.54) is 30.3 Å². The maximum absolute atomic E-state index is 13.6. The van der Waals surface area contributed by atoms with Crippen LogP contribution in [0.25, 0.3) is 17.0 Å². The van der Waals surface area contributed by atoms with Gasteiger partial charge in [-0.15, -0.1) is 0 Å². The molecule has 1 heterocycles. The molecule has 10 heteroatoms. The van der Waals surface area contributed by atoms with Gasteiger partial charge >= 0.3 is 12.1 Å². The van der Waals surface area contributed by atoms with E-state index >= 15 is 0 Å². The summed E-state index contributed by atoms with van der Waals surface area (Å²) in [7, 11) is -4.06. The molecule has 5 nitrogen and oxygen atoms in total. The van der Waals surface area contributed by atoms with Gasteiger partial charge in [0, 0.05) is 17.5 Å². The number of aromatic carboxylic acids is 1. The van der Waals surface area contributed by atoms with Crippen LogP contribution in [0.4, 0.5) is 13.2 Å². The first-order valence-corrected chi connectivity index (χ1v) is 14.3. The number of nitrogens with zero attached hydrogens (tertiary/aromatic N) is 1. The Hall–Kier alpha value is -3.56. The second-order valence-corrected chi connectivity index (χ2v) is 12.8. The van der Waals surface area contributed by atoms with Crippen molar-refractivity contribution in [3.05, 3.63) is 111 Å². The quantitative estimate of drug-likeness (QED) is 0.239. The molecule has 1 aromatic heterocycles. The molecule has 0 saturated heterocycles. The standard InChI is InChI=1S/C30H27ClF3NO4S/c1-29(2,3)22-8-4-6-19(14-22)7-5-13-40(38,39)35-24(15-20-9-11-25(28(36)37)26(31)16-20)18-21-17-23(30(32,33)34)10-12-27(21)35/h4-12,14,16-18H,13,15H2,1-3H3,(H,36,37). The SMILES string of the molecule is CC(C)(C)c1cccc(C=CCS(=O)(=O)n2c(Cc3ccc(C(=O)O)c(Cl)c3)cc3cc(C(F)(F)F)ccc32)c1. The number of carbonyl (C=O) groups is 1. The van der Waals surface area contributed by atoms with E-state index in [9.17, 15) is 31.5 Å². The summed E-state index contributed by atoms with van der Waals surface area (Å²) in [6.07, 6.45) is -1.40. The van der Waals surface area contributed by atoms with Gasteiger partial charge in [0.2, 0.25) is 10.0 Å². The van der Waals surface area contributed by atoms with Crippen LogP contribution >= 0.6 is 11.6 Å². The van der Waals surface area contributed by atoms with Gasteiger partial charge < -0.3 is 5.11 Å². The summed E-state index contributed by atoms with van der Waals surface area (Å²) in [5, 5.41) is 9.32. The molecule has 210 valence electrons. The third-order valence-corrected chi connectivity index (χ3v) is 8.37. The number of hydrogen-bond donors (Lipinski definition) is 1. The van der Waals surface area contributed by atoms with Crippen LogP contribution in [0, 0.1) is 0 Å². The van der Waals surface area contributed by atoms with E-state index in [4.69, 9.17) is 11.6 Å². The fourth-order valence-electron chi connectivity index (χ4n) is 4.42. The van der Waals surface area contributed by atoms with Gasteiger partial charge in [0.15, 0.2) is 0 Å². The van der Waals surface area contributed by atoms with Crippen molar-refractivity contribution < 1.29 is 31.5 Å². The third kappa shape index (κ3) is 6.42. The number of carboxylic acid groups (broad SMARTS) is 1. The van der Waals surface area contributed by atoms with Gasteiger partial charge in [-0.05, 0) is 58.5 Å². The minimum absolute atomic E-state index is 0.00772. The molecule has 3 aromatic carbocycles. The molecule has 0 atom stereocenters. The van der Waals surface area contributed by atoms with E-state index in [1.807, 2.05) is 24.3 Å². The van der Waals surface area contributed by atoms with Gasteiger partial charge in [-0.3, -0.25) is 0 Å². The zero-order valence-corrected chi connectivity index (χ0v) is 23.5. The molecular weight excluding hydrogens is 563 g/mol. The van der Waals surface area contributed by atoms with E-state index in [-0.39, 0.29) is 39.0 Å². The topological polar surface area (TPSA) is 76.4 Å². The monoisotopic (exact) mass is 589 g/mol. The summed E-state index contributed by atoms with van der Waals surface area (Å²) in [4.78, 5) is 11.3. The number of hydrogen-bond acceptors (Lipinski definition) is 3. The molecule has 0 fully saturated rings. The lowest BCUT2D eigenvalue weighted by Crippen LogP contribution is -2.18. The van der Waals surface area contributed by atoms with Crippen molar-refractivity contribution in [2.24, 2.45) is 0 Å². The van der Waals surface area contributed by atoms with Crippen molar-refractivity contribution in [2.45, 2.75) is 38.8 Å². The highest BCUT2D eigenvalue weighted by molar-refractivity contribution is 7.90. The lowest BCUT2D eigenvalue weighted by Gasteiger charge is -2.19. The summed E-state index contributed by atoms with van der Waals surface area (Å²) >= 11 is 6.10. The zero-order chi connectivity index (χ0) is 29.5. The Kier molecular flexibility index (Phi) is 7.93. The van der Waals surface area contributed by atoms with Crippen molar-refractivity contribution in [3.8, 4) is 0 Å². The fraction of sp³-hybridized carbons (Fsp3) is 0.233. The molecule has 0 amide bonds. The molecule has 0 saturated carbocycles. The fourth-order valence-corrected chi connectivity index (χ4v) is 6.13. The number of rotatable bonds is 7. The minimum atomic E-state index is -4.60. The molecule has 4 rings (SSSR count). The van der Waals surface area contributed by atoms with Gasteiger partial charge in [0.05, 0.1) is 27.4 Å². The first-order valence-electron chi connectivity index (χ1n) is 12.3. The van der Waals surface area contributed by atoms with Crippen molar-refractivity contribution >= 4 is 44.6 Å². The van der Waals surface area contributed by atoms with Crippen molar-refractivity contribution in [2.75, 3.05) is 5.75 Å². The predicted molar refractivity (Wildman–Crippen MR) is 152 cm³/mol. The highest BCUT2D eigenvalue weighted by Gasteiger charge is 2.31. The van der Waals surface area contributed by atoms with E-state index in [1.54, 1.807) is 6.08 Å². The normalized spacial score (nSPS) is 12.9. The maximum Gasteiger partial charge on any atom is 0.416 e. The second-order valence-electron chi connectivity index (χ2n) is 10.5. The number of benzene rings is 3. The molecule has 40 heavy (non-hydrogen) atoms. The van der Waals surface area contributed by atoms with Gasteiger partial charge in [-0.2, -0.15) is 13.2 Å². The number of halogens is 4. The molecule has 0 radical (unpaired) electrons. The summed E-state index contributed by atoms with van der Waals surface area (Å²) in [5.41, 5.74) is 1.64. The van der Waals surface area contributed by atoms with Crippen LogP contribution in [0.2, 0.25) is 5.02 Å². The smallest absolute Gasteiger partial charge is 0.416 e. The summed E-state index contributed by atoms with van der Waals surface area (Å²) in [6.45, 7) is 6.22. The average molecular weight is 590 g/mol. The summed E-state index contributed by atoms with van der Waals surface area (Å²) < 4.78 is 68.4. The van der Waals surface area contributed by atoms with E-state index in [0.717, 1.165) is 33.3 Å². The first kappa shape index (κ1) is 29.4. The summed E-state index contributed by atoms with van der Waals surface area (Å²) in [6, 6.07) is 16.2. The average Bonchev–Trinajstić information content (AvgIpc) is 3.21. The largest absolute Gasteiger partial charge is 0.478 e. The number of alkyl halides is 3. The Bertz CT molecular complexity index is 1730. The molecule has 0 unspecified atom stereocenters. The Morgan fingerprint density at radius 1 is 0.975 bits per heavy atom. The number of carboxylic acids is 1. The molecule has 0 aliphatic carbocycles. The van der Waals surface area contributed by atoms with Crippen LogP contribution in [-0.4, -0.2) is 29.2 Å². The van der Waals surface area contributed by atoms with Crippen LogP contribution in [0.5, 0.6) is 0 Å². The van der Waals surface area contributed by atoms with Crippen molar-refractivity contribution in [1.82, 2.24) is 3.97 Å². The highest BCUT2D eigenvalue weighted by Crippen LogP contribution is 2.34. The molecule has 0 aliphatic rings. The summed E-state index contributed by atoms with van der Waals surface area (Å²) in [5.74, 6) is -1.61. The molecule has 0 spiro atoms. The Morgan fingerprint density at radius 2 is 1.70 bits per heavy atom. The molecular formula is C30H27ClF3NO4S. The number of fused-ring (bicyclic) bond motifs is 1. The number of aromatic nitrogens is 1. The van der Waals surface area contributed by atoms with Crippen LogP contribution in [-0.2, 0) is 28.0 Å². The lowest BCUT2D eigenvalue weighted by atomic mass is 9.86. The van der Waals surface area contributed by atoms with Crippen LogP contribution in [0.1, 0.15) is 59.1 Å². The van der Waals surface area contributed by atoms with Gasteiger partial charge in [-0.25, -0.2) is 17.2 Å². The minimum Gasteiger partial charge on any atom is -0.478 e. The van der Waals surface area contributed by atoms with Crippen molar-refractivity contribution in [3.63, 3.8) is 0 Å². The van der Waals surface area contributed by atoms with E-state index in [0.29, 0.717) is 5.56 Å². The van der Waals surface area contributed by atoms with Crippen molar-refractivity contribution in [1.29, 1.82) is 0 Å². The molecule has 0 bridgehead atoms. The second kappa shape index (κ2) is 10.8. The molecule has 1 N–H and O–H groups in total. The highest BCUT2D eigenvalue weighted by atomic mass is 35.5. The maximum atomic E-state index is 13.6. The molecule has 4 aromatic rings. The van der Waals surface area contributed by atoms with Gasteiger partial charge in [0.1, 0.15) is 0 Å². The van der Waals surface area contributed by atoms with E-state index < -0.39 is 33.5 Å². The van der Waals surface area contributed by atoms with Gasteiger partial charge in [-0.1, -0.05) is 74.9 Å². The third-order valence-electron chi connectivity index (χ3n) is 6.45. The van der Waals surface area contributed by atoms with Crippen LogP contribution in [0.15, 0.2) is 72.8 Å². The van der Waals surface area contributed by atoms with Gasteiger partial charge in [0.25, 0.3) is 0 Å². The molecule has 0 aliphatic heterocycles. The lowest BCUT2D eigenvalue weighted by molar-refractivity contribution is -0.137.